The minimum Gasteiger partial charge on any atom is -0.508 e. The first-order valence-corrected chi connectivity index (χ1v) is 30.6. The molecule has 0 bridgehead atoms. The number of ether oxygens (including phenoxy) is 1. The SMILES string of the molecule is CCNC(=O)[C@@H]1CCCN1C(=O)C(CCCN=C(N)N)CC(=O)[C@H](CC(C)C)NC(=O)C(COC(C)(C)C)NC(=O)[C@H](Cc1ccc(O)cc1)NC(=O)C(CO)CC(=O)[C@H](Cc1c[nH]c2ccccc12)NC(=O)[C@@H](CC(=O)[C@@H]1CCC(=O)N1)Cc1cnc[nH]1. The van der Waals surface area contributed by atoms with E-state index in [0.29, 0.717) is 49.2 Å². The molecule has 6 rings (SSSR count). The number of aromatic hydroxyl groups is 1. The van der Waals surface area contributed by atoms with Gasteiger partial charge in [0.25, 0.3) is 0 Å². The average molecular weight is 1240 g/mol. The molecule has 2 aliphatic heterocycles. The van der Waals surface area contributed by atoms with Crippen LogP contribution in [-0.4, -0.2) is 169 Å². The molecule has 2 aliphatic rings. The van der Waals surface area contributed by atoms with Crippen LogP contribution in [0.15, 0.2) is 72.2 Å². The van der Waals surface area contributed by atoms with E-state index in [-0.39, 0.29) is 99.6 Å². The molecular formula is C63H89N13O13. The van der Waals surface area contributed by atoms with Gasteiger partial charge in [0.1, 0.15) is 23.9 Å². The molecule has 0 spiro atoms. The van der Waals surface area contributed by atoms with Crippen LogP contribution in [0.25, 0.3) is 10.9 Å². The number of hydrogen-bond donors (Lipinski definition) is 12. The summed E-state index contributed by atoms with van der Waals surface area (Å²) in [4.78, 5) is 157. The van der Waals surface area contributed by atoms with E-state index in [1.54, 1.807) is 33.9 Å². The Kier molecular flexibility index (Phi) is 25.9. The molecule has 0 saturated carbocycles. The van der Waals surface area contributed by atoms with E-state index < -0.39 is 120 Å². The molecule has 2 saturated heterocycles. The number of benzene rings is 2. The molecule has 4 heterocycles. The van der Waals surface area contributed by atoms with Gasteiger partial charge in [-0.05, 0) is 101 Å². The third kappa shape index (κ3) is 21.4. The number of carbonyl (C=O) groups excluding carboxylic acids is 10. The van der Waals surface area contributed by atoms with Crippen molar-refractivity contribution >= 4 is 75.6 Å². The fourth-order valence-electron chi connectivity index (χ4n) is 11.1. The summed E-state index contributed by atoms with van der Waals surface area (Å²) in [5.41, 5.74) is 12.7. The second-order valence-corrected chi connectivity index (χ2v) is 24.5. The summed E-state index contributed by atoms with van der Waals surface area (Å²) in [7, 11) is 0. The van der Waals surface area contributed by atoms with Crippen LogP contribution in [0.3, 0.4) is 0 Å². The monoisotopic (exact) mass is 1240 g/mol. The molecule has 2 aromatic heterocycles. The number of aromatic nitrogens is 3. The molecule has 0 radical (unpaired) electrons. The fourth-order valence-corrected chi connectivity index (χ4v) is 11.1. The van der Waals surface area contributed by atoms with E-state index in [9.17, 15) is 58.2 Å². The molecule has 7 amide bonds. The minimum atomic E-state index is -1.51. The number of fused-ring (bicyclic) bond motifs is 1. The lowest BCUT2D eigenvalue weighted by molar-refractivity contribution is -0.143. The van der Waals surface area contributed by atoms with E-state index in [1.165, 1.54) is 41.7 Å². The number of aromatic amines is 2. The first-order valence-electron chi connectivity index (χ1n) is 30.6. The molecule has 2 fully saturated rings. The van der Waals surface area contributed by atoms with Crippen LogP contribution in [0.5, 0.6) is 5.75 Å². The summed E-state index contributed by atoms with van der Waals surface area (Å²) < 4.78 is 6.07. The van der Waals surface area contributed by atoms with Crippen molar-refractivity contribution in [3.63, 3.8) is 0 Å². The highest BCUT2D eigenvalue weighted by molar-refractivity contribution is 5.99. The highest BCUT2D eigenvalue weighted by Gasteiger charge is 2.40. The number of H-pyrrole nitrogens is 2. The average Bonchev–Trinajstić information content (AvgIpc) is 4.49. The molecule has 9 atom stereocenters. The van der Waals surface area contributed by atoms with Crippen LogP contribution in [0, 0.1) is 23.7 Å². The van der Waals surface area contributed by atoms with Gasteiger partial charge in [0.2, 0.25) is 41.4 Å². The van der Waals surface area contributed by atoms with Crippen LogP contribution in [0.1, 0.15) is 123 Å². The largest absolute Gasteiger partial charge is 0.508 e. The Labute approximate surface area is 518 Å². The van der Waals surface area contributed by atoms with Gasteiger partial charge in [-0.1, -0.05) is 44.2 Å². The fraction of sp³-hybridized carbons (Fsp3) is 0.556. The molecule has 484 valence electrons. The quantitative estimate of drug-likeness (QED) is 0.0177. The number of aliphatic hydroxyl groups is 1. The molecule has 26 nitrogen and oxygen atoms in total. The van der Waals surface area contributed by atoms with Gasteiger partial charge < -0.3 is 73.2 Å². The number of likely N-dealkylation sites (tertiary alicyclic amines) is 1. The van der Waals surface area contributed by atoms with Gasteiger partial charge in [0.15, 0.2) is 23.3 Å². The number of aliphatic hydroxyl groups excluding tert-OH is 1. The number of rotatable bonds is 35. The van der Waals surface area contributed by atoms with Crippen molar-refractivity contribution in [3.8, 4) is 5.75 Å². The summed E-state index contributed by atoms with van der Waals surface area (Å²) in [6, 6.07) is 6.06. The van der Waals surface area contributed by atoms with Gasteiger partial charge in [-0.15, -0.1) is 0 Å². The number of para-hydroxylation sites is 1. The van der Waals surface area contributed by atoms with Crippen LogP contribution in [-0.2, 0) is 71.9 Å². The molecule has 89 heavy (non-hydrogen) atoms. The van der Waals surface area contributed by atoms with Crippen molar-refractivity contribution in [1.82, 2.24) is 51.8 Å². The third-order valence-electron chi connectivity index (χ3n) is 15.8. The number of amides is 7. The number of carbonyl (C=O) groups is 10. The van der Waals surface area contributed by atoms with Crippen molar-refractivity contribution in [1.29, 1.82) is 0 Å². The van der Waals surface area contributed by atoms with Crippen LogP contribution >= 0.6 is 0 Å². The van der Waals surface area contributed by atoms with Crippen molar-refractivity contribution < 1.29 is 62.9 Å². The Morgan fingerprint density at radius 1 is 0.798 bits per heavy atom. The van der Waals surface area contributed by atoms with Gasteiger partial charge >= 0.3 is 0 Å². The van der Waals surface area contributed by atoms with Crippen LogP contribution < -0.4 is 43.4 Å². The number of Topliss-reactive ketones (excluding diaryl/α,β-unsaturated/α-hetero) is 3. The number of phenols is 1. The smallest absolute Gasteiger partial charge is 0.245 e. The number of nitrogens with two attached hydrogens (primary N) is 2. The number of phenolic OH excluding ortho intramolecular Hbond substituents is 1. The first-order chi connectivity index (χ1) is 42.3. The maximum Gasteiger partial charge on any atom is 0.245 e. The van der Waals surface area contributed by atoms with Gasteiger partial charge in [-0.3, -0.25) is 52.9 Å². The molecule has 26 heteroatoms. The zero-order valence-corrected chi connectivity index (χ0v) is 51.7. The lowest BCUT2D eigenvalue weighted by Crippen LogP contribution is -2.58. The predicted molar refractivity (Wildman–Crippen MR) is 330 cm³/mol. The highest BCUT2D eigenvalue weighted by Crippen LogP contribution is 2.27. The van der Waals surface area contributed by atoms with E-state index in [1.807, 2.05) is 38.1 Å². The number of likely N-dealkylation sites (N-methyl/N-ethyl adjacent to an activating group) is 1. The Morgan fingerprint density at radius 2 is 1.46 bits per heavy atom. The maximum absolute atomic E-state index is 14.8. The second kappa shape index (κ2) is 33.2. The van der Waals surface area contributed by atoms with Crippen molar-refractivity contribution in [2.45, 2.75) is 167 Å². The van der Waals surface area contributed by atoms with E-state index in [2.05, 4.69) is 51.8 Å². The number of nitrogens with zero attached hydrogens (tertiary/aromatic N) is 3. The summed E-state index contributed by atoms with van der Waals surface area (Å²) in [5, 5.41) is 38.3. The normalized spacial score (nSPS) is 17.3. The van der Waals surface area contributed by atoms with Crippen molar-refractivity contribution in [3.05, 3.63) is 84.1 Å². The summed E-state index contributed by atoms with van der Waals surface area (Å²) in [6.45, 7) is 10.2. The highest BCUT2D eigenvalue weighted by atomic mass is 16.5. The van der Waals surface area contributed by atoms with Gasteiger partial charge in [0, 0.05) is 99.5 Å². The number of nitrogens with one attached hydrogen (secondary N) is 8. The number of aliphatic imine (C=N–C) groups is 1. The number of ketones is 3. The summed E-state index contributed by atoms with van der Waals surface area (Å²) >= 11 is 0. The molecular weight excluding hydrogens is 1150 g/mol. The second-order valence-electron chi connectivity index (χ2n) is 24.5. The van der Waals surface area contributed by atoms with Crippen molar-refractivity contribution in [2.75, 3.05) is 32.8 Å². The van der Waals surface area contributed by atoms with E-state index in [4.69, 9.17) is 16.2 Å². The lowest BCUT2D eigenvalue weighted by Gasteiger charge is -2.30. The Bertz CT molecular complexity index is 3120. The van der Waals surface area contributed by atoms with Crippen LogP contribution in [0.2, 0.25) is 0 Å². The summed E-state index contributed by atoms with van der Waals surface area (Å²) in [5.74, 6) is -9.68. The lowest BCUT2D eigenvalue weighted by atomic mass is 9.89. The Morgan fingerprint density at radius 3 is 2.11 bits per heavy atom. The van der Waals surface area contributed by atoms with Crippen molar-refractivity contribution in [2.24, 2.45) is 40.1 Å². The van der Waals surface area contributed by atoms with Crippen LogP contribution in [0.4, 0.5) is 0 Å². The molecule has 2 aromatic carbocycles. The molecule has 3 unspecified atom stereocenters. The number of imidazole rings is 1. The van der Waals surface area contributed by atoms with Gasteiger partial charge in [-0.2, -0.15) is 0 Å². The van der Waals surface area contributed by atoms with Gasteiger partial charge in [-0.25, -0.2) is 4.98 Å². The first kappa shape index (κ1) is 69.6. The topological polar surface area (TPSA) is 405 Å². The number of guanidine groups is 1. The zero-order valence-electron chi connectivity index (χ0n) is 51.7. The maximum atomic E-state index is 14.8. The Hall–Kier alpha value is -8.52. The molecule has 14 N–H and O–H groups in total. The third-order valence-corrected chi connectivity index (χ3v) is 15.8. The Balaban J connectivity index is 1.24. The number of hydrogen-bond acceptors (Lipinski definition) is 15. The minimum absolute atomic E-state index is 0.0218. The zero-order chi connectivity index (χ0) is 65.0. The van der Waals surface area contributed by atoms with E-state index >= 15 is 0 Å². The predicted octanol–water partition coefficient (Wildman–Crippen LogP) is 1.60. The molecule has 4 aromatic rings. The standard InChI is InChI=1S/C63H89N13O13/c1-7-67-60(87)51-15-11-23-76(51)61(88)38(12-10-22-68-62(64)65)28-53(80)47(24-36(2)3)73-59(86)50(34-89-63(4,5)6)75-58(85)49(25-37-16-18-43(78)19-17-37)74-57(84)41(33-77)30-54(81)48(27-40-31-69-45-14-9-8-13-44(40)45)72-56(83)39(26-42-32-66-35-70-42)29-52(79)46-20-21-55(82)71-46/h8-9,13-14,16-19,31-32,35-36,38-39,41,46-51,69,77-78H,7,10-12,15,20-30,33-34H2,1-6H3,(H,66,70)(H,67,87)(H,71,82)(H,72,83)(H,73,86)(H,74,84)(H,75,85)(H4,64,65,68)/t38?,39-,41?,46+,47+,48+,49+,50?,51+/m1/s1. The summed E-state index contributed by atoms with van der Waals surface area (Å²) in [6.07, 6.45) is 5.18. The van der Waals surface area contributed by atoms with Gasteiger partial charge in [0.05, 0.1) is 55.1 Å². The molecule has 0 aliphatic carbocycles. The van der Waals surface area contributed by atoms with E-state index in [0.717, 1.165) is 10.9 Å².